The number of aromatic nitrogens is 3. The van der Waals surface area contributed by atoms with Crippen molar-refractivity contribution in [2.75, 3.05) is 29.9 Å². The van der Waals surface area contributed by atoms with Crippen LogP contribution < -0.4 is 15.5 Å². The monoisotopic (exact) mass is 364 g/mol. The van der Waals surface area contributed by atoms with Gasteiger partial charge in [0.15, 0.2) is 0 Å². The molecule has 140 valence electrons. The Bertz CT molecular complexity index is 937. The van der Waals surface area contributed by atoms with Crippen LogP contribution in [0.4, 0.5) is 11.5 Å². The molecule has 1 aliphatic heterocycles. The molecule has 1 amide bonds. The first-order chi connectivity index (χ1) is 13.2. The molecule has 3 aromatic rings. The number of hydrogen-bond acceptors (Lipinski definition) is 5. The van der Waals surface area contributed by atoms with E-state index in [0.29, 0.717) is 0 Å². The van der Waals surface area contributed by atoms with E-state index in [1.165, 1.54) is 5.56 Å². The molecule has 27 heavy (non-hydrogen) atoms. The van der Waals surface area contributed by atoms with Gasteiger partial charge < -0.3 is 20.5 Å². The largest absolute Gasteiger partial charge is 0.376 e. The fraction of sp³-hybridized carbons (Fsp3) is 0.350. The predicted molar refractivity (Wildman–Crippen MR) is 107 cm³/mol. The summed E-state index contributed by atoms with van der Waals surface area (Å²) in [6.45, 7) is 4.00. The van der Waals surface area contributed by atoms with Crippen molar-refractivity contribution < 1.29 is 4.79 Å². The summed E-state index contributed by atoms with van der Waals surface area (Å²) in [6, 6.07) is 10.1. The number of aryl methyl sites for hydroxylation is 1. The summed E-state index contributed by atoms with van der Waals surface area (Å²) in [6.07, 6.45) is 5.46. The maximum Gasteiger partial charge on any atom is 0.239 e. The number of H-pyrrole nitrogens is 1. The van der Waals surface area contributed by atoms with Crippen molar-refractivity contribution in [3.63, 3.8) is 0 Å². The molecule has 3 heterocycles. The van der Waals surface area contributed by atoms with Crippen molar-refractivity contribution in [1.82, 2.24) is 20.3 Å². The van der Waals surface area contributed by atoms with Gasteiger partial charge in [0.2, 0.25) is 5.91 Å². The highest BCUT2D eigenvalue weighted by molar-refractivity contribution is 5.87. The molecule has 7 heteroatoms. The highest BCUT2D eigenvalue weighted by Gasteiger charge is 2.23. The second-order valence-electron chi connectivity index (χ2n) is 7.01. The Morgan fingerprint density at radius 3 is 3.15 bits per heavy atom. The lowest BCUT2D eigenvalue weighted by Crippen LogP contribution is -2.49. The minimum atomic E-state index is 0.0119. The number of anilines is 2. The molecule has 1 aliphatic rings. The molecule has 1 aromatic carbocycles. The molecule has 0 unspecified atom stereocenters. The zero-order valence-corrected chi connectivity index (χ0v) is 15.4. The first kappa shape index (κ1) is 17.3. The number of aromatic amines is 1. The first-order valence-electron chi connectivity index (χ1n) is 9.32. The van der Waals surface area contributed by atoms with E-state index in [1.54, 1.807) is 6.33 Å². The smallest absolute Gasteiger partial charge is 0.239 e. The zero-order chi connectivity index (χ0) is 18.6. The highest BCUT2D eigenvalue weighted by atomic mass is 16.2. The molecule has 0 aliphatic carbocycles. The van der Waals surface area contributed by atoms with Gasteiger partial charge in [-0.1, -0.05) is 12.1 Å². The molecular weight excluding hydrogens is 340 g/mol. The fourth-order valence-electron chi connectivity index (χ4n) is 3.61. The van der Waals surface area contributed by atoms with Crippen molar-refractivity contribution >= 4 is 28.4 Å². The van der Waals surface area contributed by atoms with Gasteiger partial charge in [0.1, 0.15) is 17.8 Å². The van der Waals surface area contributed by atoms with Gasteiger partial charge in [0.25, 0.3) is 0 Å². The number of hydrogen-bond donors (Lipinski definition) is 3. The summed E-state index contributed by atoms with van der Waals surface area (Å²) in [4.78, 5) is 26.4. The lowest BCUT2D eigenvalue weighted by Gasteiger charge is -2.34. The van der Waals surface area contributed by atoms with Gasteiger partial charge >= 0.3 is 0 Å². The van der Waals surface area contributed by atoms with Gasteiger partial charge in [-0.2, -0.15) is 0 Å². The summed E-state index contributed by atoms with van der Waals surface area (Å²) < 4.78 is 0. The average Bonchev–Trinajstić information content (AvgIpc) is 3.15. The molecule has 0 spiro atoms. The van der Waals surface area contributed by atoms with Crippen molar-refractivity contribution in [3.05, 3.63) is 48.4 Å². The molecule has 4 rings (SSSR count). The van der Waals surface area contributed by atoms with E-state index in [2.05, 4.69) is 30.5 Å². The third-order valence-corrected chi connectivity index (χ3v) is 4.89. The van der Waals surface area contributed by atoms with E-state index in [4.69, 9.17) is 0 Å². The van der Waals surface area contributed by atoms with Crippen molar-refractivity contribution in [2.45, 2.75) is 25.8 Å². The van der Waals surface area contributed by atoms with Crippen LogP contribution in [0.5, 0.6) is 0 Å². The normalized spacial score (nSPS) is 17.1. The second-order valence-corrected chi connectivity index (χ2v) is 7.01. The van der Waals surface area contributed by atoms with Crippen molar-refractivity contribution in [1.29, 1.82) is 0 Å². The summed E-state index contributed by atoms with van der Waals surface area (Å²) >= 11 is 0. The Kier molecular flexibility index (Phi) is 4.91. The number of carbonyl (C=O) groups excluding carboxylic acids is 1. The van der Waals surface area contributed by atoms with E-state index in [9.17, 15) is 4.79 Å². The molecule has 1 saturated heterocycles. The molecule has 0 bridgehead atoms. The van der Waals surface area contributed by atoms with Crippen LogP contribution in [0.3, 0.4) is 0 Å². The van der Waals surface area contributed by atoms with Gasteiger partial charge in [0.05, 0.1) is 11.9 Å². The van der Waals surface area contributed by atoms with Crippen LogP contribution in [0, 0.1) is 6.92 Å². The number of carbonyl (C=O) groups is 1. The van der Waals surface area contributed by atoms with Crippen LogP contribution in [0.1, 0.15) is 18.4 Å². The van der Waals surface area contributed by atoms with E-state index < -0.39 is 0 Å². The number of amides is 1. The summed E-state index contributed by atoms with van der Waals surface area (Å²) in [5, 5.41) is 7.36. The number of nitrogens with zero attached hydrogens (tertiary/aromatic N) is 3. The van der Waals surface area contributed by atoms with Crippen LogP contribution in [-0.2, 0) is 4.79 Å². The molecule has 1 atom stereocenters. The Morgan fingerprint density at radius 2 is 2.26 bits per heavy atom. The van der Waals surface area contributed by atoms with Gasteiger partial charge in [-0.05, 0) is 43.5 Å². The number of benzene rings is 1. The topological polar surface area (TPSA) is 85.9 Å². The van der Waals surface area contributed by atoms with Gasteiger partial charge in [-0.25, -0.2) is 9.97 Å². The van der Waals surface area contributed by atoms with Crippen LogP contribution in [0.15, 0.2) is 42.9 Å². The number of fused-ring (bicyclic) bond motifs is 1. The Balaban J connectivity index is 1.35. The van der Waals surface area contributed by atoms with E-state index in [0.717, 1.165) is 48.5 Å². The van der Waals surface area contributed by atoms with Gasteiger partial charge in [-0.3, -0.25) is 4.79 Å². The van der Waals surface area contributed by atoms with Gasteiger partial charge in [0, 0.05) is 31.0 Å². The van der Waals surface area contributed by atoms with Crippen LogP contribution in [0.25, 0.3) is 11.0 Å². The zero-order valence-electron chi connectivity index (χ0n) is 15.4. The number of piperidine rings is 1. The standard InChI is InChI=1S/C20H24N6O/c1-14-4-2-5-15(10-14)22-11-18(27)25-16-6-3-9-26(12-16)20-17-7-8-21-19(17)23-13-24-20/h2,4-5,7-8,10,13,16,22H,3,6,9,11-12H2,1H3,(H,25,27)(H,21,23,24)/t16-/m0/s1. The number of rotatable bonds is 5. The van der Waals surface area contributed by atoms with Crippen molar-refractivity contribution in [2.24, 2.45) is 0 Å². The second kappa shape index (κ2) is 7.65. The summed E-state index contributed by atoms with van der Waals surface area (Å²) in [5.41, 5.74) is 2.98. The maximum atomic E-state index is 12.4. The first-order valence-corrected chi connectivity index (χ1v) is 9.32. The lowest BCUT2D eigenvalue weighted by molar-refractivity contribution is -0.120. The van der Waals surface area contributed by atoms with E-state index >= 15 is 0 Å². The molecule has 7 nitrogen and oxygen atoms in total. The SMILES string of the molecule is Cc1cccc(NCC(=O)N[C@H]2CCCN(c3ncnc4[nH]ccc34)C2)c1. The van der Waals surface area contributed by atoms with Crippen LogP contribution >= 0.6 is 0 Å². The maximum absolute atomic E-state index is 12.4. The molecule has 1 fully saturated rings. The molecule has 0 radical (unpaired) electrons. The van der Waals surface area contributed by atoms with Crippen LogP contribution in [-0.4, -0.2) is 46.5 Å². The highest BCUT2D eigenvalue weighted by Crippen LogP contribution is 2.25. The van der Waals surface area contributed by atoms with E-state index in [-0.39, 0.29) is 18.5 Å². The molecule has 2 aromatic heterocycles. The minimum Gasteiger partial charge on any atom is -0.376 e. The third-order valence-electron chi connectivity index (χ3n) is 4.89. The summed E-state index contributed by atoms with van der Waals surface area (Å²) in [7, 11) is 0. The number of nitrogens with one attached hydrogen (secondary N) is 3. The molecular formula is C20H24N6O. The average molecular weight is 364 g/mol. The van der Waals surface area contributed by atoms with E-state index in [1.807, 2.05) is 43.5 Å². The third kappa shape index (κ3) is 4.02. The lowest BCUT2D eigenvalue weighted by atomic mass is 10.1. The Hall–Kier alpha value is -3.09. The Labute approximate surface area is 158 Å². The fourth-order valence-corrected chi connectivity index (χ4v) is 3.61. The molecule has 3 N–H and O–H groups in total. The van der Waals surface area contributed by atoms with Crippen LogP contribution in [0.2, 0.25) is 0 Å². The summed E-state index contributed by atoms with van der Waals surface area (Å²) in [5.74, 6) is 0.941. The van der Waals surface area contributed by atoms with Crippen molar-refractivity contribution in [3.8, 4) is 0 Å². The predicted octanol–water partition coefficient (Wildman–Crippen LogP) is 2.46. The Morgan fingerprint density at radius 1 is 1.33 bits per heavy atom. The molecule has 0 saturated carbocycles. The minimum absolute atomic E-state index is 0.0119. The van der Waals surface area contributed by atoms with Gasteiger partial charge in [-0.15, -0.1) is 0 Å². The quantitative estimate of drug-likeness (QED) is 0.647.